The van der Waals surface area contributed by atoms with Crippen molar-refractivity contribution < 1.29 is 9.13 Å². The van der Waals surface area contributed by atoms with Gasteiger partial charge in [-0.3, -0.25) is 0 Å². The van der Waals surface area contributed by atoms with Crippen LogP contribution >= 0.6 is 11.3 Å². The molecule has 2 aromatic rings. The van der Waals surface area contributed by atoms with Crippen LogP contribution in [0.4, 0.5) is 4.39 Å². The molecule has 0 aliphatic rings. The fraction of sp³-hybridized carbons (Fsp3) is 0.357. The number of hydrogen-bond acceptors (Lipinski definition) is 4. The van der Waals surface area contributed by atoms with Crippen molar-refractivity contribution in [2.24, 2.45) is 0 Å². The van der Waals surface area contributed by atoms with Crippen molar-refractivity contribution in [3.63, 3.8) is 0 Å². The number of thiazole rings is 1. The number of hydrogen-bond donors (Lipinski definition) is 1. The smallest absolute Gasteiger partial charge is 0.140 e. The first kappa shape index (κ1) is 14.0. The lowest BCUT2D eigenvalue weighted by atomic mass is 10.2. The lowest BCUT2D eigenvalue weighted by Crippen LogP contribution is -2.06. The van der Waals surface area contributed by atoms with Crippen LogP contribution in [-0.2, 0) is 13.2 Å². The Labute approximate surface area is 116 Å². The summed E-state index contributed by atoms with van der Waals surface area (Å²) in [5, 5.41) is 3.90. The second-order valence-electron chi connectivity index (χ2n) is 4.36. The maximum absolute atomic E-state index is 13.4. The van der Waals surface area contributed by atoms with Crippen LogP contribution in [0.25, 0.3) is 0 Å². The van der Waals surface area contributed by atoms with Gasteiger partial charge in [0.25, 0.3) is 0 Å². The summed E-state index contributed by atoms with van der Waals surface area (Å²) in [6.07, 6.45) is 0. The molecule has 0 unspecified atom stereocenters. The molecular formula is C14H17FN2OS. The molecule has 2 rings (SSSR count). The normalized spacial score (nSPS) is 10.7. The minimum atomic E-state index is -0.283. The van der Waals surface area contributed by atoms with E-state index in [0.717, 1.165) is 16.3 Å². The van der Waals surface area contributed by atoms with Crippen molar-refractivity contribution in [3.05, 3.63) is 45.2 Å². The van der Waals surface area contributed by atoms with Gasteiger partial charge in [0.2, 0.25) is 0 Å². The largest absolute Gasteiger partial charge is 0.486 e. The molecule has 0 atom stereocenters. The van der Waals surface area contributed by atoms with Crippen molar-refractivity contribution in [3.8, 4) is 5.75 Å². The van der Waals surface area contributed by atoms with Crippen molar-refractivity contribution in [2.45, 2.75) is 27.0 Å². The number of aromatic nitrogens is 1. The molecular weight excluding hydrogens is 263 g/mol. The number of nitrogens with zero attached hydrogens (tertiary/aromatic N) is 1. The van der Waals surface area contributed by atoms with Crippen LogP contribution in [0.5, 0.6) is 5.75 Å². The zero-order valence-electron chi connectivity index (χ0n) is 11.3. The number of benzene rings is 1. The summed E-state index contributed by atoms with van der Waals surface area (Å²) < 4.78 is 19.0. The minimum absolute atomic E-state index is 0.283. The average molecular weight is 280 g/mol. The summed E-state index contributed by atoms with van der Waals surface area (Å²) in [6.45, 7) is 5.00. The Kier molecular flexibility index (Phi) is 4.50. The molecule has 0 saturated heterocycles. The van der Waals surface area contributed by atoms with Crippen LogP contribution in [0, 0.1) is 19.7 Å². The van der Waals surface area contributed by atoms with E-state index < -0.39 is 0 Å². The van der Waals surface area contributed by atoms with E-state index >= 15 is 0 Å². The van der Waals surface area contributed by atoms with Crippen LogP contribution in [0.2, 0.25) is 0 Å². The van der Waals surface area contributed by atoms with E-state index in [9.17, 15) is 4.39 Å². The van der Waals surface area contributed by atoms with Gasteiger partial charge in [0.05, 0.1) is 5.69 Å². The van der Waals surface area contributed by atoms with Crippen molar-refractivity contribution in [1.82, 2.24) is 10.3 Å². The molecule has 0 amide bonds. The highest BCUT2D eigenvalue weighted by molar-refractivity contribution is 7.11. The third kappa shape index (κ3) is 3.75. The van der Waals surface area contributed by atoms with E-state index in [1.165, 1.54) is 17.0 Å². The van der Waals surface area contributed by atoms with Gasteiger partial charge in [-0.2, -0.15) is 0 Å². The Morgan fingerprint density at radius 3 is 2.74 bits per heavy atom. The predicted octanol–water partition coefficient (Wildman–Crippen LogP) is 3.20. The summed E-state index contributed by atoms with van der Waals surface area (Å²) in [5.74, 6) is 0.255. The molecule has 0 fully saturated rings. The molecule has 1 N–H and O–H groups in total. The molecule has 5 heteroatoms. The fourth-order valence-electron chi connectivity index (χ4n) is 1.76. The molecule has 3 nitrogen and oxygen atoms in total. The second-order valence-corrected chi connectivity index (χ2v) is 5.65. The Morgan fingerprint density at radius 1 is 1.32 bits per heavy atom. The van der Waals surface area contributed by atoms with Crippen molar-refractivity contribution >= 4 is 11.3 Å². The average Bonchev–Trinajstić information content (AvgIpc) is 2.66. The number of aryl methyl sites for hydroxylation is 2. The topological polar surface area (TPSA) is 34.1 Å². The van der Waals surface area contributed by atoms with E-state index in [1.807, 2.05) is 27.0 Å². The van der Waals surface area contributed by atoms with Gasteiger partial charge in [0.15, 0.2) is 0 Å². The third-order valence-electron chi connectivity index (χ3n) is 2.75. The summed E-state index contributed by atoms with van der Waals surface area (Å²) in [4.78, 5) is 5.58. The van der Waals surface area contributed by atoms with Crippen LogP contribution in [0.1, 0.15) is 21.1 Å². The van der Waals surface area contributed by atoms with E-state index in [-0.39, 0.29) is 5.82 Å². The first-order valence-electron chi connectivity index (χ1n) is 6.08. The van der Waals surface area contributed by atoms with Crippen LogP contribution < -0.4 is 10.1 Å². The highest BCUT2D eigenvalue weighted by Crippen LogP contribution is 2.21. The quantitative estimate of drug-likeness (QED) is 0.913. The molecule has 1 aromatic carbocycles. The van der Waals surface area contributed by atoms with E-state index in [1.54, 1.807) is 11.3 Å². The summed E-state index contributed by atoms with van der Waals surface area (Å²) in [7, 11) is 1.83. The third-order valence-corrected chi connectivity index (χ3v) is 3.79. The Bertz CT molecular complexity index is 549. The molecule has 0 aliphatic heterocycles. The Balaban J connectivity index is 2.06. The summed E-state index contributed by atoms with van der Waals surface area (Å²) >= 11 is 1.61. The van der Waals surface area contributed by atoms with Gasteiger partial charge >= 0.3 is 0 Å². The van der Waals surface area contributed by atoms with E-state index in [4.69, 9.17) is 4.74 Å². The summed E-state index contributed by atoms with van der Waals surface area (Å²) in [6, 6.07) is 4.74. The van der Waals surface area contributed by atoms with Crippen LogP contribution in [0.15, 0.2) is 18.2 Å². The fourth-order valence-corrected chi connectivity index (χ4v) is 2.60. The van der Waals surface area contributed by atoms with Gasteiger partial charge in [0, 0.05) is 17.5 Å². The minimum Gasteiger partial charge on any atom is -0.486 e. The van der Waals surface area contributed by atoms with Crippen molar-refractivity contribution in [2.75, 3.05) is 7.05 Å². The second kappa shape index (κ2) is 6.12. The summed E-state index contributed by atoms with van der Waals surface area (Å²) in [5.41, 5.74) is 1.89. The predicted molar refractivity (Wildman–Crippen MR) is 75.1 cm³/mol. The maximum Gasteiger partial charge on any atom is 0.140 e. The first-order valence-corrected chi connectivity index (χ1v) is 6.90. The molecule has 1 heterocycles. The van der Waals surface area contributed by atoms with Gasteiger partial charge in [0.1, 0.15) is 23.2 Å². The zero-order chi connectivity index (χ0) is 13.8. The maximum atomic E-state index is 13.4. The molecule has 0 radical (unpaired) electrons. The highest BCUT2D eigenvalue weighted by Gasteiger charge is 2.06. The SMILES string of the molecule is CNCc1cc(F)cc(OCc2nc(C)c(C)s2)c1. The first-order chi connectivity index (χ1) is 9.08. The van der Waals surface area contributed by atoms with Crippen LogP contribution in [0.3, 0.4) is 0 Å². The standard InChI is InChI=1S/C14H17FN2OS/c1-9-10(2)19-14(17-9)8-18-13-5-11(7-16-3)4-12(15)6-13/h4-6,16H,7-8H2,1-3H3. The molecule has 19 heavy (non-hydrogen) atoms. The highest BCUT2D eigenvalue weighted by atomic mass is 32.1. The zero-order valence-corrected chi connectivity index (χ0v) is 12.1. The lowest BCUT2D eigenvalue weighted by Gasteiger charge is -2.07. The van der Waals surface area contributed by atoms with Gasteiger partial charge in [-0.25, -0.2) is 9.37 Å². The number of nitrogens with one attached hydrogen (secondary N) is 1. The Morgan fingerprint density at radius 2 is 2.11 bits per heavy atom. The van der Waals surface area contributed by atoms with Crippen molar-refractivity contribution in [1.29, 1.82) is 0 Å². The number of halogens is 1. The van der Waals surface area contributed by atoms with Gasteiger partial charge in [-0.1, -0.05) is 0 Å². The molecule has 1 aromatic heterocycles. The lowest BCUT2D eigenvalue weighted by molar-refractivity contribution is 0.303. The van der Waals surface area contributed by atoms with Gasteiger partial charge < -0.3 is 10.1 Å². The molecule has 0 bridgehead atoms. The Hall–Kier alpha value is -1.46. The number of ether oxygens (including phenoxy) is 1. The monoisotopic (exact) mass is 280 g/mol. The van der Waals surface area contributed by atoms with Crippen LogP contribution in [-0.4, -0.2) is 12.0 Å². The molecule has 0 aliphatic carbocycles. The molecule has 0 saturated carbocycles. The van der Waals surface area contributed by atoms with Gasteiger partial charge in [-0.05, 0) is 38.6 Å². The molecule has 0 spiro atoms. The van der Waals surface area contributed by atoms with E-state index in [0.29, 0.717) is 18.9 Å². The van der Waals surface area contributed by atoms with Gasteiger partial charge in [-0.15, -0.1) is 11.3 Å². The molecule has 102 valence electrons. The number of rotatable bonds is 5. The van der Waals surface area contributed by atoms with E-state index in [2.05, 4.69) is 10.3 Å².